The lowest BCUT2D eigenvalue weighted by Gasteiger charge is -2.38. The van der Waals surface area contributed by atoms with Gasteiger partial charge in [0.2, 0.25) is 5.91 Å². The van der Waals surface area contributed by atoms with Crippen LogP contribution in [0.4, 0.5) is 0 Å². The Kier molecular flexibility index (Phi) is 2.99. The smallest absolute Gasteiger partial charge is 0.239 e. The van der Waals surface area contributed by atoms with E-state index in [1.807, 2.05) is 18.1 Å². The number of carbonyl (C=O) groups excluding carboxylic acids is 1. The molecule has 0 spiro atoms. The summed E-state index contributed by atoms with van der Waals surface area (Å²) in [5, 5.41) is 0. The third kappa shape index (κ3) is 1.99. The first-order valence-corrected chi connectivity index (χ1v) is 6.52. The van der Waals surface area contributed by atoms with E-state index < -0.39 is 0 Å². The van der Waals surface area contributed by atoms with E-state index in [4.69, 9.17) is 0 Å². The lowest BCUT2D eigenvalue weighted by atomic mass is 9.99. The molecule has 5 nitrogen and oxygen atoms in total. The predicted octanol–water partition coefficient (Wildman–Crippen LogP) is 0.455. The second kappa shape index (κ2) is 4.65. The van der Waals surface area contributed by atoms with E-state index >= 15 is 0 Å². The normalized spacial score (nSPS) is 25.1. The summed E-state index contributed by atoms with van der Waals surface area (Å²) in [6.07, 6.45) is 6.48. The maximum atomic E-state index is 12.2. The number of piperidine rings is 1. The van der Waals surface area contributed by atoms with Gasteiger partial charge in [-0.15, -0.1) is 0 Å². The number of likely N-dealkylation sites (tertiary alicyclic amines) is 1. The van der Waals surface area contributed by atoms with Gasteiger partial charge in [-0.05, 0) is 12.8 Å². The van der Waals surface area contributed by atoms with Gasteiger partial charge in [-0.1, -0.05) is 0 Å². The summed E-state index contributed by atoms with van der Waals surface area (Å²) in [5.41, 5.74) is 2.31. The summed E-state index contributed by atoms with van der Waals surface area (Å²) >= 11 is 0. The second-order valence-corrected chi connectivity index (χ2v) is 5.13. The highest BCUT2D eigenvalue weighted by Gasteiger charge is 2.33. The third-order valence-corrected chi connectivity index (χ3v) is 3.96. The van der Waals surface area contributed by atoms with Gasteiger partial charge in [0.15, 0.2) is 0 Å². The van der Waals surface area contributed by atoms with Crippen LogP contribution in [0.15, 0.2) is 12.5 Å². The van der Waals surface area contributed by atoms with E-state index in [1.54, 1.807) is 6.33 Å². The van der Waals surface area contributed by atoms with Crippen molar-refractivity contribution in [3.63, 3.8) is 0 Å². The first-order valence-electron chi connectivity index (χ1n) is 6.52. The van der Waals surface area contributed by atoms with E-state index in [0.29, 0.717) is 0 Å². The van der Waals surface area contributed by atoms with E-state index in [9.17, 15) is 4.79 Å². The van der Waals surface area contributed by atoms with Crippen molar-refractivity contribution in [2.45, 2.75) is 31.8 Å². The summed E-state index contributed by atoms with van der Waals surface area (Å²) in [4.78, 5) is 24.7. The van der Waals surface area contributed by atoms with Crippen LogP contribution in [0.3, 0.4) is 0 Å². The zero-order valence-corrected chi connectivity index (χ0v) is 10.7. The number of hydrogen-bond acceptors (Lipinski definition) is 4. The summed E-state index contributed by atoms with van der Waals surface area (Å²) in [7, 11) is 1.90. The van der Waals surface area contributed by atoms with E-state index in [1.165, 1.54) is 5.56 Å². The van der Waals surface area contributed by atoms with Crippen LogP contribution in [0.2, 0.25) is 0 Å². The highest BCUT2D eigenvalue weighted by molar-refractivity contribution is 5.82. The van der Waals surface area contributed by atoms with Crippen LogP contribution in [-0.2, 0) is 17.8 Å². The van der Waals surface area contributed by atoms with Crippen LogP contribution in [0.1, 0.15) is 24.1 Å². The van der Waals surface area contributed by atoms with Gasteiger partial charge in [0, 0.05) is 50.6 Å². The molecule has 0 radical (unpaired) electrons. The minimum absolute atomic E-state index is 0.0529. The number of nitrogens with zero attached hydrogens (tertiary/aromatic N) is 4. The molecular weight excluding hydrogens is 228 g/mol. The van der Waals surface area contributed by atoms with Crippen molar-refractivity contribution in [1.29, 1.82) is 0 Å². The Balaban J connectivity index is 1.77. The van der Waals surface area contributed by atoms with E-state index in [2.05, 4.69) is 14.9 Å². The first-order chi connectivity index (χ1) is 8.75. The van der Waals surface area contributed by atoms with Gasteiger partial charge < -0.3 is 4.90 Å². The molecule has 1 aromatic heterocycles. The van der Waals surface area contributed by atoms with Gasteiger partial charge in [0.1, 0.15) is 6.33 Å². The Morgan fingerprint density at radius 1 is 1.39 bits per heavy atom. The second-order valence-electron chi connectivity index (χ2n) is 5.13. The molecule has 0 aromatic carbocycles. The minimum Gasteiger partial charge on any atom is -0.344 e. The minimum atomic E-state index is 0.0529. The zero-order chi connectivity index (χ0) is 12.5. The fourth-order valence-electron chi connectivity index (χ4n) is 2.90. The molecule has 3 heterocycles. The Labute approximate surface area is 107 Å². The largest absolute Gasteiger partial charge is 0.344 e. The number of carbonyl (C=O) groups is 1. The Morgan fingerprint density at radius 2 is 2.28 bits per heavy atom. The number of likely N-dealkylation sites (N-methyl/N-ethyl adjacent to an activating group) is 1. The summed E-state index contributed by atoms with van der Waals surface area (Å²) in [5.74, 6) is 0.265. The highest BCUT2D eigenvalue weighted by Crippen LogP contribution is 2.23. The molecule has 1 amide bonds. The van der Waals surface area contributed by atoms with Crippen molar-refractivity contribution in [3.05, 3.63) is 23.8 Å². The highest BCUT2D eigenvalue weighted by atomic mass is 16.2. The molecule has 5 heteroatoms. The molecule has 18 heavy (non-hydrogen) atoms. The summed E-state index contributed by atoms with van der Waals surface area (Å²) in [6.45, 7) is 2.62. The fourth-order valence-corrected chi connectivity index (χ4v) is 2.90. The van der Waals surface area contributed by atoms with Crippen LogP contribution >= 0.6 is 0 Å². The van der Waals surface area contributed by atoms with Crippen LogP contribution in [0, 0.1) is 0 Å². The van der Waals surface area contributed by atoms with E-state index in [-0.39, 0.29) is 11.9 Å². The topological polar surface area (TPSA) is 49.3 Å². The lowest BCUT2D eigenvalue weighted by Crippen LogP contribution is -2.52. The van der Waals surface area contributed by atoms with Crippen LogP contribution in [0.25, 0.3) is 0 Å². The van der Waals surface area contributed by atoms with Crippen molar-refractivity contribution in [1.82, 2.24) is 19.8 Å². The van der Waals surface area contributed by atoms with Gasteiger partial charge in [-0.3, -0.25) is 9.69 Å². The van der Waals surface area contributed by atoms with Gasteiger partial charge in [0.25, 0.3) is 0 Å². The molecule has 1 fully saturated rings. The third-order valence-electron chi connectivity index (χ3n) is 3.96. The summed E-state index contributed by atoms with van der Waals surface area (Å²) < 4.78 is 0. The monoisotopic (exact) mass is 246 g/mol. The Bertz CT molecular complexity index is 462. The number of hydrogen-bond donors (Lipinski definition) is 0. The molecule has 1 aromatic rings. The van der Waals surface area contributed by atoms with Gasteiger partial charge >= 0.3 is 0 Å². The van der Waals surface area contributed by atoms with Crippen LogP contribution in [-0.4, -0.2) is 51.9 Å². The maximum Gasteiger partial charge on any atom is 0.239 e. The molecule has 2 aliphatic rings. The van der Waals surface area contributed by atoms with Crippen LogP contribution < -0.4 is 0 Å². The number of rotatable bonds is 1. The molecule has 96 valence electrons. The molecule has 0 saturated carbocycles. The summed E-state index contributed by atoms with van der Waals surface area (Å²) in [6, 6.07) is 0.0529. The van der Waals surface area contributed by atoms with Crippen molar-refractivity contribution < 1.29 is 4.79 Å². The first kappa shape index (κ1) is 11.6. The average molecular weight is 246 g/mol. The number of aromatic nitrogens is 2. The van der Waals surface area contributed by atoms with Crippen LogP contribution in [0.5, 0.6) is 0 Å². The molecular formula is C13H18N4O. The fraction of sp³-hybridized carbons (Fsp3) is 0.615. The molecule has 1 unspecified atom stereocenters. The molecule has 0 bridgehead atoms. The zero-order valence-electron chi connectivity index (χ0n) is 10.7. The Morgan fingerprint density at radius 3 is 3.17 bits per heavy atom. The van der Waals surface area contributed by atoms with E-state index in [0.717, 1.165) is 44.6 Å². The molecule has 3 rings (SSSR count). The molecule has 0 N–H and O–H groups in total. The molecule has 1 saturated heterocycles. The van der Waals surface area contributed by atoms with Crippen molar-refractivity contribution in [2.75, 3.05) is 20.1 Å². The quantitative estimate of drug-likeness (QED) is 0.722. The Hall–Kier alpha value is -1.49. The van der Waals surface area contributed by atoms with Gasteiger partial charge in [-0.25, -0.2) is 9.97 Å². The van der Waals surface area contributed by atoms with Crippen molar-refractivity contribution >= 4 is 5.91 Å². The SMILES string of the molecule is CN1CCCC(N2CCc3ncncc3C2)C1=O. The van der Waals surface area contributed by atoms with Crippen molar-refractivity contribution in [3.8, 4) is 0 Å². The molecule has 1 atom stereocenters. The number of amides is 1. The molecule has 2 aliphatic heterocycles. The maximum absolute atomic E-state index is 12.2. The van der Waals surface area contributed by atoms with Gasteiger partial charge in [-0.2, -0.15) is 0 Å². The molecule has 0 aliphatic carbocycles. The predicted molar refractivity (Wildman–Crippen MR) is 66.8 cm³/mol. The average Bonchev–Trinajstić information content (AvgIpc) is 2.41. The standard InChI is InChI=1S/C13H18N4O/c1-16-5-2-3-12(13(16)18)17-6-4-11-10(8-17)7-14-9-15-11/h7,9,12H,2-6,8H2,1H3. The number of fused-ring (bicyclic) bond motifs is 1. The lowest BCUT2D eigenvalue weighted by molar-refractivity contribution is -0.139. The van der Waals surface area contributed by atoms with Gasteiger partial charge in [0.05, 0.1) is 6.04 Å². The van der Waals surface area contributed by atoms with Crippen molar-refractivity contribution in [2.24, 2.45) is 0 Å².